The summed E-state index contributed by atoms with van der Waals surface area (Å²) in [6.07, 6.45) is 5.68. The number of hydrogen-bond donors (Lipinski definition) is 1. The second-order valence-corrected chi connectivity index (χ2v) is 6.49. The number of nitrogen functional groups attached to an aromatic ring is 1. The van der Waals surface area contributed by atoms with Gasteiger partial charge in [-0.2, -0.15) is 0 Å². The molecular weight excluding hydrogens is 258 g/mol. The van der Waals surface area contributed by atoms with Crippen molar-refractivity contribution in [2.45, 2.75) is 33.1 Å². The van der Waals surface area contributed by atoms with E-state index in [1.807, 2.05) is 12.3 Å². The Morgan fingerprint density at radius 1 is 1.19 bits per heavy atom. The van der Waals surface area contributed by atoms with Crippen molar-refractivity contribution in [3.63, 3.8) is 0 Å². The standard InChI is InChI=1S/C18H25N3/c1-13(2)14-5-4-11-21(12-9-14)17-8-7-16-15(18(17)19)6-3-10-20-16/h3,6-8,10,13-14H,4-5,9,11-12,19H2,1-2H3. The molecule has 1 fully saturated rings. The molecule has 1 unspecified atom stereocenters. The molecule has 3 nitrogen and oxygen atoms in total. The molecule has 1 atom stereocenters. The van der Waals surface area contributed by atoms with E-state index in [0.29, 0.717) is 0 Å². The van der Waals surface area contributed by atoms with Crippen molar-refractivity contribution in [3.8, 4) is 0 Å². The van der Waals surface area contributed by atoms with E-state index in [1.165, 1.54) is 24.9 Å². The fraction of sp³-hybridized carbons (Fsp3) is 0.500. The molecule has 1 aromatic carbocycles. The number of benzene rings is 1. The van der Waals surface area contributed by atoms with Crippen molar-refractivity contribution in [1.82, 2.24) is 4.98 Å². The number of rotatable bonds is 2. The molecule has 2 aromatic rings. The smallest absolute Gasteiger partial charge is 0.0724 e. The second kappa shape index (κ2) is 5.92. The third-order valence-corrected chi connectivity index (χ3v) is 4.86. The lowest BCUT2D eigenvalue weighted by Crippen LogP contribution is -2.25. The molecule has 0 aliphatic carbocycles. The van der Waals surface area contributed by atoms with Gasteiger partial charge in [-0.15, -0.1) is 0 Å². The van der Waals surface area contributed by atoms with Crippen LogP contribution in [0, 0.1) is 11.8 Å². The Labute approximate surface area is 127 Å². The summed E-state index contributed by atoms with van der Waals surface area (Å²) >= 11 is 0. The summed E-state index contributed by atoms with van der Waals surface area (Å²) in [6.45, 7) is 6.91. The molecule has 2 N–H and O–H groups in total. The number of nitrogens with two attached hydrogens (primary N) is 1. The topological polar surface area (TPSA) is 42.2 Å². The molecule has 0 amide bonds. The van der Waals surface area contributed by atoms with Crippen LogP contribution in [-0.2, 0) is 0 Å². The maximum Gasteiger partial charge on any atom is 0.0724 e. The Morgan fingerprint density at radius 3 is 2.86 bits per heavy atom. The average molecular weight is 283 g/mol. The zero-order chi connectivity index (χ0) is 14.8. The Morgan fingerprint density at radius 2 is 2.05 bits per heavy atom. The van der Waals surface area contributed by atoms with Gasteiger partial charge in [0.05, 0.1) is 16.9 Å². The molecule has 2 heterocycles. The second-order valence-electron chi connectivity index (χ2n) is 6.49. The van der Waals surface area contributed by atoms with E-state index in [1.54, 1.807) is 0 Å². The summed E-state index contributed by atoms with van der Waals surface area (Å²) in [5, 5.41) is 1.07. The van der Waals surface area contributed by atoms with Crippen molar-refractivity contribution in [2.75, 3.05) is 23.7 Å². The normalized spacial score (nSPS) is 20.0. The van der Waals surface area contributed by atoms with Crippen LogP contribution in [-0.4, -0.2) is 18.1 Å². The molecule has 1 aromatic heterocycles. The molecule has 0 bridgehead atoms. The molecule has 3 heteroatoms. The first-order valence-electron chi connectivity index (χ1n) is 8.05. The van der Waals surface area contributed by atoms with Gasteiger partial charge in [0.25, 0.3) is 0 Å². The summed E-state index contributed by atoms with van der Waals surface area (Å²) in [4.78, 5) is 6.85. The number of nitrogens with zero attached hydrogens (tertiary/aromatic N) is 2. The third-order valence-electron chi connectivity index (χ3n) is 4.86. The van der Waals surface area contributed by atoms with E-state index in [2.05, 4.69) is 41.9 Å². The van der Waals surface area contributed by atoms with Gasteiger partial charge in [-0.25, -0.2) is 0 Å². The van der Waals surface area contributed by atoms with Crippen molar-refractivity contribution in [2.24, 2.45) is 11.8 Å². The molecule has 3 rings (SSSR count). The predicted octanol–water partition coefficient (Wildman–Crippen LogP) is 4.08. The van der Waals surface area contributed by atoms with Crippen molar-refractivity contribution >= 4 is 22.3 Å². The summed E-state index contributed by atoms with van der Waals surface area (Å²) in [5.74, 6) is 1.63. The molecule has 0 saturated carbocycles. The number of hydrogen-bond acceptors (Lipinski definition) is 3. The predicted molar refractivity (Wildman–Crippen MR) is 90.5 cm³/mol. The first-order valence-corrected chi connectivity index (χ1v) is 8.05. The monoisotopic (exact) mass is 283 g/mol. The van der Waals surface area contributed by atoms with Crippen LogP contribution < -0.4 is 10.6 Å². The molecule has 1 saturated heterocycles. The molecule has 1 aliphatic heterocycles. The highest BCUT2D eigenvalue weighted by Gasteiger charge is 2.21. The Bertz CT molecular complexity index is 621. The number of aromatic nitrogens is 1. The summed E-state index contributed by atoms with van der Waals surface area (Å²) in [6, 6.07) is 8.25. The highest BCUT2D eigenvalue weighted by atomic mass is 15.1. The molecule has 0 radical (unpaired) electrons. The van der Waals surface area contributed by atoms with Crippen molar-refractivity contribution in [1.29, 1.82) is 0 Å². The Balaban J connectivity index is 1.88. The molecular formula is C18H25N3. The van der Waals surface area contributed by atoms with Gasteiger partial charge in [-0.05, 0) is 55.4 Å². The molecule has 0 spiro atoms. The van der Waals surface area contributed by atoms with Crippen LogP contribution in [0.2, 0.25) is 0 Å². The van der Waals surface area contributed by atoms with Crippen LogP contribution in [0.15, 0.2) is 30.5 Å². The van der Waals surface area contributed by atoms with Crippen LogP contribution in [0.4, 0.5) is 11.4 Å². The van der Waals surface area contributed by atoms with Gasteiger partial charge < -0.3 is 10.6 Å². The van der Waals surface area contributed by atoms with Crippen LogP contribution in [0.5, 0.6) is 0 Å². The first-order chi connectivity index (χ1) is 10.2. The lowest BCUT2D eigenvalue weighted by Gasteiger charge is -2.25. The van der Waals surface area contributed by atoms with Crippen molar-refractivity contribution < 1.29 is 0 Å². The highest BCUT2D eigenvalue weighted by molar-refractivity contribution is 5.97. The van der Waals surface area contributed by atoms with E-state index in [9.17, 15) is 0 Å². The lowest BCUT2D eigenvalue weighted by atomic mass is 9.89. The number of anilines is 2. The van der Waals surface area contributed by atoms with Gasteiger partial charge in [0.2, 0.25) is 0 Å². The quantitative estimate of drug-likeness (QED) is 0.844. The molecule has 1 aliphatic rings. The molecule has 112 valence electrons. The van der Waals surface area contributed by atoms with Crippen molar-refractivity contribution in [3.05, 3.63) is 30.5 Å². The highest BCUT2D eigenvalue weighted by Crippen LogP contribution is 2.33. The summed E-state index contributed by atoms with van der Waals surface area (Å²) in [5.41, 5.74) is 9.45. The van der Waals surface area contributed by atoms with E-state index in [0.717, 1.165) is 41.5 Å². The average Bonchev–Trinajstić information content (AvgIpc) is 2.74. The SMILES string of the molecule is CC(C)C1CCCN(c2ccc3ncccc3c2N)CC1. The van der Waals surface area contributed by atoms with E-state index in [4.69, 9.17) is 5.73 Å². The molecule has 21 heavy (non-hydrogen) atoms. The zero-order valence-electron chi connectivity index (χ0n) is 13.0. The van der Waals surface area contributed by atoms with Crippen LogP contribution in [0.3, 0.4) is 0 Å². The van der Waals surface area contributed by atoms with E-state index < -0.39 is 0 Å². The van der Waals surface area contributed by atoms with E-state index >= 15 is 0 Å². The summed E-state index contributed by atoms with van der Waals surface area (Å²) < 4.78 is 0. The zero-order valence-corrected chi connectivity index (χ0v) is 13.0. The largest absolute Gasteiger partial charge is 0.396 e. The van der Waals surface area contributed by atoms with E-state index in [-0.39, 0.29) is 0 Å². The lowest BCUT2D eigenvalue weighted by molar-refractivity contribution is 0.351. The first kappa shape index (κ1) is 14.2. The Hall–Kier alpha value is -1.77. The fourth-order valence-corrected chi connectivity index (χ4v) is 3.47. The Kier molecular flexibility index (Phi) is 4.00. The van der Waals surface area contributed by atoms with Gasteiger partial charge in [-0.1, -0.05) is 13.8 Å². The number of pyridine rings is 1. The fourth-order valence-electron chi connectivity index (χ4n) is 3.47. The number of fused-ring (bicyclic) bond motifs is 1. The minimum Gasteiger partial charge on any atom is -0.396 e. The maximum absolute atomic E-state index is 6.41. The summed E-state index contributed by atoms with van der Waals surface area (Å²) in [7, 11) is 0. The van der Waals surface area contributed by atoms with Crippen LogP contribution in [0.25, 0.3) is 10.9 Å². The third kappa shape index (κ3) is 2.82. The van der Waals surface area contributed by atoms with Gasteiger partial charge in [0, 0.05) is 24.7 Å². The van der Waals surface area contributed by atoms with Crippen LogP contribution >= 0.6 is 0 Å². The van der Waals surface area contributed by atoms with Gasteiger partial charge in [0.15, 0.2) is 0 Å². The maximum atomic E-state index is 6.41. The minimum absolute atomic E-state index is 0.781. The van der Waals surface area contributed by atoms with Gasteiger partial charge >= 0.3 is 0 Å². The van der Waals surface area contributed by atoms with Gasteiger partial charge in [0.1, 0.15) is 0 Å². The van der Waals surface area contributed by atoms with Crippen LogP contribution in [0.1, 0.15) is 33.1 Å². The minimum atomic E-state index is 0.781. The van der Waals surface area contributed by atoms with Gasteiger partial charge in [-0.3, -0.25) is 4.98 Å².